The third-order valence-corrected chi connectivity index (χ3v) is 13.2. The number of alkyl halides is 3. The first-order valence-electron chi connectivity index (χ1n) is 22.5. The zero-order valence-electron chi connectivity index (χ0n) is 41.5. The number of carbonyl (C=O) groups excluding carboxylic acids is 2. The van der Waals surface area contributed by atoms with E-state index in [1.807, 2.05) is 41.3 Å². The van der Waals surface area contributed by atoms with Crippen LogP contribution < -0.4 is 14.4 Å². The number of pyridine rings is 4. The number of nitrogens with one attached hydrogen (secondary N) is 2. The standard InChI is InChI=1S/C29H32F3N4.C26H17N3O4S2.CNS.Ru/c1-27(2,3)19-7-11-21(12-8-19)36(22-13-9-20(10-14-22)28(4,5)6)23-15-16-35-25(17-23)24(33)18-26(34)29(30,31)32;1-16-2-3-25(34-16)26-5-4-24(35-26)17-6-8-27-20(10-17)22-12-19(33-15-31)13-23(29-22)21-11-18(32-14-30)7-9-28-21;2-1-3;/h7-18,33-34H,1-6H3;2-15H,1H3;;/q-1;;-1;+2/b24-18-,34-26?;;;. The number of aryl methyl sites for hydroxylation is 1. The normalized spacial score (nSPS) is 11.3. The molecule has 8 aromatic rings. The van der Waals surface area contributed by atoms with Crippen molar-refractivity contribution in [3.63, 3.8) is 0 Å². The Balaban J connectivity index is 0.000000260. The van der Waals surface area contributed by atoms with Gasteiger partial charge in [0.1, 0.15) is 17.2 Å². The maximum Gasteiger partial charge on any atom is 2.00 e. The van der Waals surface area contributed by atoms with Crippen LogP contribution in [-0.4, -0.2) is 49.9 Å². The molecule has 384 valence electrons. The number of carbonyl (C=O) groups is 2. The van der Waals surface area contributed by atoms with E-state index in [9.17, 15) is 22.8 Å². The van der Waals surface area contributed by atoms with Gasteiger partial charge in [-0.2, -0.15) is 18.3 Å². The van der Waals surface area contributed by atoms with Crippen LogP contribution in [0.2, 0.25) is 0 Å². The van der Waals surface area contributed by atoms with Gasteiger partial charge in [-0.3, -0.25) is 30.0 Å². The molecule has 0 aliphatic rings. The van der Waals surface area contributed by atoms with E-state index in [-0.39, 0.29) is 36.0 Å². The summed E-state index contributed by atoms with van der Waals surface area (Å²) in [6, 6.07) is 38.4. The van der Waals surface area contributed by atoms with Gasteiger partial charge >= 0.3 is 25.7 Å². The predicted molar refractivity (Wildman–Crippen MR) is 294 cm³/mol. The van der Waals surface area contributed by atoms with Gasteiger partial charge in [-0.05, 0) is 119 Å². The first kappa shape index (κ1) is 58.5. The number of hydrogen-bond acceptors (Lipinski definition) is 13. The van der Waals surface area contributed by atoms with E-state index in [0.717, 1.165) is 21.8 Å². The number of thiophene rings is 2. The molecule has 6 aromatic heterocycles. The van der Waals surface area contributed by atoms with E-state index < -0.39 is 17.6 Å². The molecule has 0 aliphatic carbocycles. The first-order valence-corrected chi connectivity index (χ1v) is 24.6. The Bertz CT molecular complexity index is 3270. The van der Waals surface area contributed by atoms with Crippen LogP contribution in [0.4, 0.5) is 30.2 Å². The van der Waals surface area contributed by atoms with Crippen molar-refractivity contribution in [1.29, 1.82) is 5.41 Å². The summed E-state index contributed by atoms with van der Waals surface area (Å²) in [5, 5.41) is 15.7. The van der Waals surface area contributed by atoms with Crippen LogP contribution in [0.3, 0.4) is 0 Å². The average Bonchev–Trinajstić information content (AvgIpc) is 4.04. The summed E-state index contributed by atoms with van der Waals surface area (Å²) in [6.45, 7) is 15.6. The van der Waals surface area contributed by atoms with Gasteiger partial charge in [0.25, 0.3) is 12.9 Å². The Labute approximate surface area is 459 Å². The minimum atomic E-state index is -4.82. The molecule has 0 radical (unpaired) electrons. The van der Waals surface area contributed by atoms with Gasteiger partial charge in [-0.25, -0.2) is 4.98 Å². The van der Waals surface area contributed by atoms with Crippen LogP contribution in [0.25, 0.3) is 59.8 Å². The molecule has 19 heteroatoms. The molecule has 6 heterocycles. The van der Waals surface area contributed by atoms with Gasteiger partial charge in [0.05, 0.1) is 22.8 Å². The summed E-state index contributed by atoms with van der Waals surface area (Å²) < 4.78 is 48.5. The minimum absolute atomic E-state index is 0. The van der Waals surface area contributed by atoms with Crippen molar-refractivity contribution >= 4 is 81.5 Å². The molecule has 2 aromatic carbocycles. The fourth-order valence-electron chi connectivity index (χ4n) is 7.16. The number of anilines is 3. The van der Waals surface area contributed by atoms with E-state index in [2.05, 4.69) is 129 Å². The Hall–Kier alpha value is -7.40. The van der Waals surface area contributed by atoms with Gasteiger partial charge in [0.15, 0.2) is 0 Å². The average molecular weight is 1150 g/mol. The number of hydrogen-bond donors (Lipinski definition) is 1. The number of ether oxygens (including phenoxy) is 2. The van der Waals surface area contributed by atoms with Crippen molar-refractivity contribution in [3.05, 3.63) is 179 Å². The molecule has 0 saturated heterocycles. The summed E-state index contributed by atoms with van der Waals surface area (Å²) in [5.74, 6) is 0.617. The van der Waals surface area contributed by atoms with Crippen LogP contribution in [0, 0.1) is 12.3 Å². The first-order chi connectivity index (χ1) is 35.1. The fraction of sp³-hybridized carbons (Fsp3) is 0.179. The van der Waals surface area contributed by atoms with Crippen molar-refractivity contribution in [2.45, 2.75) is 65.5 Å². The SMILES string of the molecule is CC(C)(C)c1ccc(N(c2ccc(C(C)(C)C)cc2)c2ccnc(/C([NH-])=C/C(=N)C(F)(F)F)c2)cc1.Cc1ccc(-c2ccc(-c3ccnc(-c4cc(OC=O)cc(-c5cc(OC=O)ccn5)n4)c3)s2)s1.[N-]=C=S.[Ru+2]. The number of nitrogens with zero attached hydrogens (tertiary/aromatic N) is 6. The second-order valence-electron chi connectivity index (χ2n) is 18.3. The Morgan fingerprint density at radius 2 is 1.13 bits per heavy atom. The molecule has 12 nitrogen and oxygen atoms in total. The van der Waals surface area contributed by atoms with Crippen LogP contribution in [0.5, 0.6) is 11.5 Å². The Kier molecular flexibility index (Phi) is 20.0. The fourth-order valence-corrected chi connectivity index (χ4v) is 9.12. The van der Waals surface area contributed by atoms with E-state index >= 15 is 0 Å². The summed E-state index contributed by atoms with van der Waals surface area (Å²) in [6.07, 6.45) is 0.354. The molecule has 0 unspecified atom stereocenters. The number of benzene rings is 2. The molecular weight excluding hydrogens is 1100 g/mol. The van der Waals surface area contributed by atoms with Gasteiger partial charge in [-0.1, -0.05) is 78.0 Å². The van der Waals surface area contributed by atoms with Crippen LogP contribution in [0.1, 0.15) is 63.2 Å². The summed E-state index contributed by atoms with van der Waals surface area (Å²) in [7, 11) is 0. The number of aromatic nitrogens is 4. The molecule has 2 N–H and O–H groups in total. The predicted octanol–water partition coefficient (Wildman–Crippen LogP) is 15.8. The van der Waals surface area contributed by atoms with E-state index in [1.54, 1.807) is 65.3 Å². The van der Waals surface area contributed by atoms with Crippen molar-refractivity contribution in [2.75, 3.05) is 4.90 Å². The Morgan fingerprint density at radius 3 is 1.65 bits per heavy atom. The molecule has 8 rings (SSSR count). The number of allylic oxidation sites excluding steroid dienone is 1. The van der Waals surface area contributed by atoms with Crippen LogP contribution in [0.15, 0.2) is 146 Å². The zero-order valence-corrected chi connectivity index (χ0v) is 45.7. The van der Waals surface area contributed by atoms with Gasteiger partial charge in [0.2, 0.25) is 0 Å². The summed E-state index contributed by atoms with van der Waals surface area (Å²) in [4.78, 5) is 46.1. The molecule has 0 spiro atoms. The topological polar surface area (TPSA) is 177 Å². The molecule has 0 atom stereocenters. The van der Waals surface area contributed by atoms with Gasteiger partial charge < -0.3 is 25.5 Å². The molecule has 0 saturated carbocycles. The molecule has 0 bridgehead atoms. The molecule has 0 fully saturated rings. The maximum atomic E-state index is 12.8. The van der Waals surface area contributed by atoms with Crippen molar-refractivity contribution in [1.82, 2.24) is 19.9 Å². The van der Waals surface area contributed by atoms with E-state index in [1.165, 1.54) is 43.3 Å². The second kappa shape index (κ2) is 25.7. The van der Waals surface area contributed by atoms with Crippen LogP contribution in [-0.2, 0) is 39.9 Å². The van der Waals surface area contributed by atoms with Crippen LogP contribution >= 0.6 is 34.9 Å². The third kappa shape index (κ3) is 15.8. The smallest absolute Gasteiger partial charge is 0.753 e. The molecule has 0 aliphatic heterocycles. The monoisotopic (exact) mass is 1150 g/mol. The number of rotatable bonds is 13. The van der Waals surface area contributed by atoms with E-state index in [0.29, 0.717) is 59.0 Å². The van der Waals surface area contributed by atoms with Gasteiger partial charge in [-0.15, -0.1) is 28.4 Å². The van der Waals surface area contributed by atoms with Gasteiger partial charge in [0, 0.05) is 79.1 Å². The summed E-state index contributed by atoms with van der Waals surface area (Å²) >= 11 is 7.18. The maximum absolute atomic E-state index is 12.8. The quantitative estimate of drug-likeness (QED) is 0.0506. The zero-order chi connectivity index (χ0) is 53.8. The second-order valence-corrected chi connectivity index (χ2v) is 20.8. The summed E-state index contributed by atoms with van der Waals surface area (Å²) in [5.41, 5.74) is 13.8. The molecule has 0 amide bonds. The van der Waals surface area contributed by atoms with Crippen molar-refractivity contribution in [2.24, 2.45) is 0 Å². The van der Waals surface area contributed by atoms with E-state index in [4.69, 9.17) is 26.0 Å². The molecule has 75 heavy (non-hydrogen) atoms. The third-order valence-electron chi connectivity index (χ3n) is 10.9. The Morgan fingerprint density at radius 1 is 0.653 bits per heavy atom. The number of thiocarbonyl (C=S) groups is 1. The minimum Gasteiger partial charge on any atom is -0.753 e. The molecular formula is C56H49F3N8O4RuS3. The van der Waals surface area contributed by atoms with Crippen molar-refractivity contribution in [3.8, 4) is 54.5 Å². The largest absolute Gasteiger partial charge is 2.00 e. The van der Waals surface area contributed by atoms with Crippen molar-refractivity contribution < 1.29 is 51.7 Å². The number of halogens is 3. The number of isothiocyanates is 1.